The minimum absolute atomic E-state index is 0. The van der Waals surface area contributed by atoms with E-state index in [4.69, 9.17) is 0 Å². The van der Waals surface area contributed by atoms with Gasteiger partial charge in [-0.15, -0.1) is 7.05 Å². The van der Waals surface area contributed by atoms with E-state index in [1.165, 1.54) is 16.5 Å². The van der Waals surface area contributed by atoms with Gasteiger partial charge in [-0.25, -0.2) is 0 Å². The molecule has 0 aliphatic carbocycles. The first kappa shape index (κ1) is 13.7. The van der Waals surface area contributed by atoms with Crippen LogP contribution in [0.2, 0.25) is 0 Å². The zero-order valence-corrected chi connectivity index (χ0v) is 11.7. The van der Waals surface area contributed by atoms with Gasteiger partial charge in [0.05, 0.1) is 0 Å². The van der Waals surface area contributed by atoms with Crippen molar-refractivity contribution < 1.29 is 32.7 Å². The summed E-state index contributed by atoms with van der Waals surface area (Å²) in [5.74, 6) is 0. The number of aryl methyl sites for hydroxylation is 1. The van der Waals surface area contributed by atoms with Crippen LogP contribution in [0.25, 0.3) is 10.9 Å². The third kappa shape index (κ3) is 2.21. The molecule has 0 bridgehead atoms. The molecular formula is C12H15NY+. The minimum Gasteiger partial charge on any atom is -0.487 e. The van der Waals surface area contributed by atoms with Gasteiger partial charge in [0.15, 0.2) is 0 Å². The molecule has 1 nitrogen and oxygen atoms in total. The van der Waals surface area contributed by atoms with Crippen LogP contribution in [0.5, 0.6) is 0 Å². The number of hydrogen-bond acceptors (Lipinski definition) is 0. The fourth-order valence-electron chi connectivity index (χ4n) is 1.60. The van der Waals surface area contributed by atoms with Gasteiger partial charge in [0.25, 0.3) is 0 Å². The summed E-state index contributed by atoms with van der Waals surface area (Å²) in [5.41, 5.74) is 2.59. The van der Waals surface area contributed by atoms with Crippen molar-refractivity contribution in [3.63, 3.8) is 0 Å². The van der Waals surface area contributed by atoms with Crippen LogP contribution in [-0.4, -0.2) is 4.57 Å². The van der Waals surface area contributed by atoms with Crippen molar-refractivity contribution in [2.75, 3.05) is 0 Å². The van der Waals surface area contributed by atoms with Crippen molar-refractivity contribution >= 4 is 10.9 Å². The van der Waals surface area contributed by atoms with Gasteiger partial charge < -0.3 is 12.0 Å². The molecule has 0 saturated carbocycles. The van der Waals surface area contributed by atoms with E-state index in [0.717, 1.165) is 6.42 Å². The molecule has 0 atom stereocenters. The van der Waals surface area contributed by atoms with Crippen molar-refractivity contribution in [2.45, 2.75) is 13.3 Å². The van der Waals surface area contributed by atoms with Crippen LogP contribution in [0.3, 0.4) is 0 Å². The summed E-state index contributed by atoms with van der Waals surface area (Å²) in [4.78, 5) is 0. The molecule has 0 aliphatic heterocycles. The summed E-state index contributed by atoms with van der Waals surface area (Å²) in [7, 11) is 3.93. The van der Waals surface area contributed by atoms with Gasteiger partial charge in [0, 0.05) is 0 Å². The van der Waals surface area contributed by atoms with Crippen LogP contribution >= 0.6 is 0 Å². The van der Waals surface area contributed by atoms with Crippen molar-refractivity contribution in [1.29, 1.82) is 0 Å². The van der Waals surface area contributed by atoms with Crippen LogP contribution in [-0.2, 0) is 39.1 Å². The Morgan fingerprint density at radius 1 is 1.29 bits per heavy atom. The molecule has 2 heteroatoms. The first-order valence-corrected chi connectivity index (χ1v) is 4.22. The number of hydrogen-bond donors (Lipinski definition) is 0. The Morgan fingerprint density at radius 3 is 2.57 bits per heavy atom. The monoisotopic (exact) mass is 262 g/mol. The molecule has 0 unspecified atom stereocenters. The number of benzene rings is 1. The third-order valence-electron chi connectivity index (χ3n) is 2.25. The average molecular weight is 262 g/mol. The Balaban J connectivity index is 0.000000845. The van der Waals surface area contributed by atoms with E-state index in [9.17, 15) is 0 Å². The van der Waals surface area contributed by atoms with Crippen LogP contribution < -0.4 is 0 Å². The zero-order valence-electron chi connectivity index (χ0n) is 8.83. The Bertz CT molecular complexity index is 404. The Labute approximate surface area is 111 Å². The fourth-order valence-corrected chi connectivity index (χ4v) is 1.60. The molecule has 0 N–H and O–H groups in total. The van der Waals surface area contributed by atoms with Gasteiger partial charge in [-0.1, -0.05) is 53.9 Å². The molecule has 0 fully saturated rings. The second-order valence-corrected chi connectivity index (χ2v) is 2.99. The summed E-state index contributed by atoms with van der Waals surface area (Å²) in [5, 5.41) is 1.33. The van der Waals surface area contributed by atoms with Crippen LogP contribution in [0.15, 0.2) is 30.5 Å². The molecule has 1 aromatic heterocycles. The maximum atomic E-state index is 3.93. The van der Waals surface area contributed by atoms with Crippen LogP contribution in [0.1, 0.15) is 12.5 Å². The summed E-state index contributed by atoms with van der Waals surface area (Å²) < 4.78 is 1.94. The van der Waals surface area contributed by atoms with Gasteiger partial charge in [-0.2, -0.15) is 0 Å². The largest absolute Gasteiger partial charge is 3.00 e. The summed E-state index contributed by atoms with van der Waals surface area (Å²) >= 11 is 0. The first-order chi connectivity index (χ1) is 5.83. The first-order valence-electron chi connectivity index (χ1n) is 4.22. The van der Waals surface area contributed by atoms with Crippen molar-refractivity contribution in [3.8, 4) is 0 Å². The van der Waals surface area contributed by atoms with E-state index < -0.39 is 0 Å². The molecule has 0 saturated heterocycles. The number of rotatable bonds is 1. The Hall–Kier alpha value is -0.266. The molecule has 0 amide bonds. The maximum absolute atomic E-state index is 3.93. The molecule has 0 spiro atoms. The normalized spacial score (nSPS) is 9.21. The van der Waals surface area contributed by atoms with Crippen LogP contribution in [0.4, 0.5) is 0 Å². The number of para-hydroxylation sites is 1. The van der Waals surface area contributed by atoms with Gasteiger partial charge in [-0.05, 0) is 6.42 Å². The molecule has 2 aromatic rings. The molecule has 1 aromatic carbocycles. The van der Waals surface area contributed by atoms with E-state index in [1.807, 2.05) is 10.6 Å². The standard InChI is InChI=1S/C11H12N.CH3.Y/c1-3-9-8-12(2)11-7-5-4-6-10(9)11;;/h4-8H,2-3H2,1H3;1H3;/q2*-1;+3. The van der Waals surface area contributed by atoms with E-state index in [0.29, 0.717) is 0 Å². The molecule has 14 heavy (non-hydrogen) atoms. The fraction of sp³-hybridized carbons (Fsp3) is 0.167. The molecule has 2 rings (SSSR count). The maximum Gasteiger partial charge on any atom is 3.00 e. The molecule has 70 valence electrons. The van der Waals surface area contributed by atoms with Gasteiger partial charge in [-0.3, -0.25) is 0 Å². The topological polar surface area (TPSA) is 4.93 Å². The zero-order chi connectivity index (χ0) is 8.55. The quantitative estimate of drug-likeness (QED) is 0.695. The van der Waals surface area contributed by atoms with Gasteiger partial charge >= 0.3 is 32.7 Å². The van der Waals surface area contributed by atoms with Gasteiger partial charge in [0.2, 0.25) is 0 Å². The predicted octanol–water partition coefficient (Wildman–Crippen LogP) is 3.29. The van der Waals surface area contributed by atoms with E-state index in [2.05, 4.69) is 38.4 Å². The van der Waals surface area contributed by atoms with Gasteiger partial charge in [0.1, 0.15) is 0 Å². The van der Waals surface area contributed by atoms with Crippen molar-refractivity contribution in [1.82, 2.24) is 4.57 Å². The Kier molecular flexibility index (Phi) is 5.47. The second-order valence-electron chi connectivity index (χ2n) is 2.99. The van der Waals surface area contributed by atoms with Crippen LogP contribution in [0, 0.1) is 14.5 Å². The summed E-state index contributed by atoms with van der Waals surface area (Å²) in [6.07, 6.45) is 3.17. The molecule has 1 heterocycles. The molecule has 0 aliphatic rings. The number of aromatic nitrogens is 1. The molecule has 0 radical (unpaired) electrons. The number of fused-ring (bicyclic) bond motifs is 1. The Morgan fingerprint density at radius 2 is 1.93 bits per heavy atom. The van der Waals surface area contributed by atoms with E-state index >= 15 is 0 Å². The smallest absolute Gasteiger partial charge is 0.487 e. The second kappa shape index (κ2) is 5.57. The summed E-state index contributed by atoms with van der Waals surface area (Å²) in [6, 6.07) is 8.36. The SMILES string of the molecule is [CH2-]n1cc(CC)c2ccccc21.[CH3-].[Y+3]. The summed E-state index contributed by atoms with van der Waals surface area (Å²) in [6.45, 7) is 2.17. The minimum atomic E-state index is 0. The molecular weight excluding hydrogens is 247 g/mol. The third-order valence-corrected chi connectivity index (χ3v) is 2.25. The number of nitrogens with zero attached hydrogens (tertiary/aromatic N) is 1. The van der Waals surface area contributed by atoms with E-state index in [1.54, 1.807) is 0 Å². The van der Waals surface area contributed by atoms with E-state index in [-0.39, 0.29) is 40.1 Å². The van der Waals surface area contributed by atoms with Crippen molar-refractivity contribution in [3.05, 3.63) is 50.5 Å². The average Bonchev–Trinajstić information content (AvgIpc) is 2.44. The predicted molar refractivity (Wildman–Crippen MR) is 58.5 cm³/mol. The van der Waals surface area contributed by atoms with Crippen molar-refractivity contribution in [2.24, 2.45) is 0 Å².